The molecule has 1 aliphatic heterocycles. The molecular weight excluding hydrogens is 298 g/mol. The van der Waals surface area contributed by atoms with Gasteiger partial charge in [-0.15, -0.1) is 11.3 Å². The molecule has 5 nitrogen and oxygen atoms in total. The zero-order valence-electron chi connectivity index (χ0n) is 10.4. The lowest BCUT2D eigenvalue weighted by molar-refractivity contribution is -0.118. The van der Waals surface area contributed by atoms with E-state index in [9.17, 15) is 4.79 Å². The lowest BCUT2D eigenvalue weighted by atomic mass is 10.2. The van der Waals surface area contributed by atoms with Gasteiger partial charge in [0.2, 0.25) is 0 Å². The number of carbonyl (C=O) groups is 1. The van der Waals surface area contributed by atoms with Crippen LogP contribution in [0, 0.1) is 0 Å². The molecule has 4 N–H and O–H groups in total. The molecule has 0 fully saturated rings. The van der Waals surface area contributed by atoms with Gasteiger partial charge in [0, 0.05) is 16.6 Å². The van der Waals surface area contributed by atoms with E-state index in [-0.39, 0.29) is 12.5 Å². The molecule has 2 aromatic rings. The maximum absolute atomic E-state index is 11.2. The monoisotopic (exact) mass is 309 g/mol. The first kappa shape index (κ1) is 13.1. The molecule has 0 unspecified atom stereocenters. The summed E-state index contributed by atoms with van der Waals surface area (Å²) in [6.07, 6.45) is 0. The quantitative estimate of drug-likeness (QED) is 0.815. The number of hydrogen-bond acceptors (Lipinski definition) is 5. The van der Waals surface area contributed by atoms with Gasteiger partial charge in [-0.2, -0.15) is 0 Å². The van der Waals surface area contributed by atoms with Crippen LogP contribution in [-0.4, -0.2) is 12.5 Å². The third-order valence-electron chi connectivity index (χ3n) is 2.92. The summed E-state index contributed by atoms with van der Waals surface area (Å²) < 4.78 is 5.36. The van der Waals surface area contributed by atoms with Gasteiger partial charge in [0.05, 0.1) is 22.9 Å². The second kappa shape index (κ2) is 5.22. The molecule has 20 heavy (non-hydrogen) atoms. The number of anilines is 3. The van der Waals surface area contributed by atoms with E-state index < -0.39 is 0 Å². The van der Waals surface area contributed by atoms with Crippen molar-refractivity contribution in [1.29, 1.82) is 0 Å². The Hall–Kier alpha value is -1.92. The number of rotatable bonds is 3. The molecule has 3 rings (SSSR count). The van der Waals surface area contributed by atoms with Gasteiger partial charge in [-0.05, 0) is 17.5 Å². The Balaban J connectivity index is 1.80. The molecule has 1 aliphatic rings. The largest absolute Gasteiger partial charge is 0.482 e. The van der Waals surface area contributed by atoms with Crippen LogP contribution in [0.1, 0.15) is 4.88 Å². The second-order valence-electron chi connectivity index (χ2n) is 4.32. The van der Waals surface area contributed by atoms with E-state index in [4.69, 9.17) is 22.1 Å². The Morgan fingerprint density at radius 2 is 2.35 bits per heavy atom. The fraction of sp³-hybridized carbons (Fsp3) is 0.154. The summed E-state index contributed by atoms with van der Waals surface area (Å²) in [5, 5.41) is 8.40. The van der Waals surface area contributed by atoms with Crippen LogP contribution in [0.3, 0.4) is 0 Å². The first-order chi connectivity index (χ1) is 9.63. The number of ether oxygens (including phenoxy) is 1. The number of nitrogens with one attached hydrogen (secondary N) is 2. The predicted molar refractivity (Wildman–Crippen MR) is 81.6 cm³/mol. The van der Waals surface area contributed by atoms with Crippen molar-refractivity contribution in [3.63, 3.8) is 0 Å². The van der Waals surface area contributed by atoms with Crippen molar-refractivity contribution >= 4 is 45.9 Å². The molecular formula is C13H12ClN3O2S. The van der Waals surface area contributed by atoms with Gasteiger partial charge in [-0.3, -0.25) is 4.79 Å². The highest BCUT2D eigenvalue weighted by atomic mass is 35.5. The van der Waals surface area contributed by atoms with Crippen LogP contribution < -0.4 is 21.1 Å². The van der Waals surface area contributed by atoms with Gasteiger partial charge in [-0.1, -0.05) is 11.6 Å². The van der Waals surface area contributed by atoms with Crippen molar-refractivity contribution in [2.24, 2.45) is 0 Å². The third-order valence-corrected chi connectivity index (χ3v) is 4.17. The predicted octanol–water partition coefficient (Wildman–Crippen LogP) is 2.93. The van der Waals surface area contributed by atoms with Crippen molar-refractivity contribution in [3.05, 3.63) is 33.5 Å². The van der Waals surface area contributed by atoms with Gasteiger partial charge in [0.25, 0.3) is 5.91 Å². The lowest BCUT2D eigenvalue weighted by Gasteiger charge is -2.20. The zero-order chi connectivity index (χ0) is 14.1. The van der Waals surface area contributed by atoms with Crippen molar-refractivity contribution in [2.45, 2.75) is 6.54 Å². The van der Waals surface area contributed by atoms with Crippen LogP contribution in [0.15, 0.2) is 23.6 Å². The molecule has 1 aromatic carbocycles. The van der Waals surface area contributed by atoms with Crippen LogP contribution in [0.5, 0.6) is 5.75 Å². The summed E-state index contributed by atoms with van der Waals surface area (Å²) >= 11 is 7.78. The minimum absolute atomic E-state index is 0.0198. The highest BCUT2D eigenvalue weighted by molar-refractivity contribution is 7.10. The Morgan fingerprint density at radius 3 is 3.10 bits per heavy atom. The van der Waals surface area contributed by atoms with Gasteiger partial charge >= 0.3 is 0 Å². The number of fused-ring (bicyclic) bond motifs is 1. The van der Waals surface area contributed by atoms with Gasteiger partial charge in [0.1, 0.15) is 5.75 Å². The molecule has 0 saturated heterocycles. The van der Waals surface area contributed by atoms with Crippen LogP contribution in [0.2, 0.25) is 5.02 Å². The lowest BCUT2D eigenvalue weighted by Crippen LogP contribution is -2.25. The third kappa shape index (κ3) is 2.52. The van der Waals surface area contributed by atoms with Gasteiger partial charge < -0.3 is 21.1 Å². The summed E-state index contributed by atoms with van der Waals surface area (Å²) in [4.78, 5) is 12.3. The van der Waals surface area contributed by atoms with E-state index in [1.165, 1.54) is 0 Å². The number of amides is 1. The standard InChI is InChI=1S/C13H12ClN3O2S/c14-7-3-10-11(19-6-13(18)17-10)4-9(7)16-5-12-8(15)1-2-20-12/h1-4,16H,5-6,15H2,(H,17,18). The molecule has 7 heteroatoms. The number of thiophene rings is 1. The van der Waals surface area contributed by atoms with Crippen molar-refractivity contribution in [1.82, 2.24) is 0 Å². The zero-order valence-corrected chi connectivity index (χ0v) is 12.0. The van der Waals surface area contributed by atoms with Gasteiger partial charge in [-0.25, -0.2) is 0 Å². The molecule has 1 amide bonds. The second-order valence-corrected chi connectivity index (χ2v) is 5.73. The average molecular weight is 310 g/mol. The number of nitrogen functional groups attached to an aromatic ring is 1. The summed E-state index contributed by atoms with van der Waals surface area (Å²) in [5.74, 6) is 0.427. The molecule has 0 atom stereocenters. The SMILES string of the molecule is Nc1ccsc1CNc1cc2c(cc1Cl)NC(=O)CO2. The Labute approximate surface area is 124 Å². The van der Waals surface area contributed by atoms with Crippen LogP contribution in [-0.2, 0) is 11.3 Å². The van der Waals surface area contributed by atoms with Gasteiger partial charge in [0.15, 0.2) is 6.61 Å². The highest BCUT2D eigenvalue weighted by Crippen LogP contribution is 2.36. The topological polar surface area (TPSA) is 76.4 Å². The normalized spacial score (nSPS) is 13.3. The first-order valence-corrected chi connectivity index (χ1v) is 7.21. The molecule has 0 saturated carbocycles. The van der Waals surface area contributed by atoms with E-state index >= 15 is 0 Å². The number of carbonyl (C=O) groups excluding carboxylic acids is 1. The van der Waals surface area contributed by atoms with Crippen molar-refractivity contribution in [3.8, 4) is 5.75 Å². The Bertz CT molecular complexity index is 672. The summed E-state index contributed by atoms with van der Waals surface area (Å²) in [6, 6.07) is 5.32. The molecule has 0 aliphatic carbocycles. The fourth-order valence-corrected chi connectivity index (χ4v) is 2.87. The number of benzene rings is 1. The van der Waals surface area contributed by atoms with E-state index in [2.05, 4.69) is 10.6 Å². The maximum Gasteiger partial charge on any atom is 0.262 e. The number of nitrogens with two attached hydrogens (primary N) is 1. The Morgan fingerprint density at radius 1 is 1.50 bits per heavy atom. The minimum atomic E-state index is -0.180. The van der Waals surface area contributed by atoms with E-state index in [0.717, 1.165) is 16.3 Å². The van der Waals surface area contributed by atoms with E-state index in [1.807, 2.05) is 11.4 Å². The summed E-state index contributed by atoms with van der Waals surface area (Å²) in [5.41, 5.74) is 7.93. The van der Waals surface area contributed by atoms with Crippen LogP contribution >= 0.6 is 22.9 Å². The summed E-state index contributed by atoms with van der Waals surface area (Å²) in [7, 11) is 0. The average Bonchev–Trinajstić information content (AvgIpc) is 2.82. The van der Waals surface area contributed by atoms with Crippen molar-refractivity contribution in [2.75, 3.05) is 23.0 Å². The van der Waals surface area contributed by atoms with Crippen molar-refractivity contribution < 1.29 is 9.53 Å². The molecule has 0 spiro atoms. The Kier molecular flexibility index (Phi) is 3.42. The van der Waals surface area contributed by atoms with Crippen LogP contribution in [0.4, 0.5) is 17.1 Å². The molecule has 0 radical (unpaired) electrons. The minimum Gasteiger partial charge on any atom is -0.482 e. The first-order valence-electron chi connectivity index (χ1n) is 5.95. The van der Waals surface area contributed by atoms with E-state index in [0.29, 0.717) is 23.0 Å². The number of hydrogen-bond donors (Lipinski definition) is 3. The van der Waals surface area contributed by atoms with E-state index in [1.54, 1.807) is 23.5 Å². The smallest absolute Gasteiger partial charge is 0.262 e. The number of halogens is 1. The molecule has 2 heterocycles. The molecule has 0 bridgehead atoms. The molecule has 1 aromatic heterocycles. The highest BCUT2D eigenvalue weighted by Gasteiger charge is 2.18. The molecule has 104 valence electrons. The fourth-order valence-electron chi connectivity index (χ4n) is 1.91. The van der Waals surface area contributed by atoms with Crippen LogP contribution in [0.25, 0.3) is 0 Å². The maximum atomic E-state index is 11.2. The summed E-state index contributed by atoms with van der Waals surface area (Å²) in [6.45, 7) is 0.611.